The van der Waals surface area contributed by atoms with Crippen LogP contribution in [0.4, 0.5) is 0 Å². The summed E-state index contributed by atoms with van der Waals surface area (Å²) in [5, 5.41) is 3.65. The van der Waals surface area contributed by atoms with Gasteiger partial charge in [0, 0.05) is 32.2 Å². The molecule has 1 aromatic heterocycles. The second-order valence-corrected chi connectivity index (χ2v) is 8.31. The van der Waals surface area contributed by atoms with Gasteiger partial charge in [0.15, 0.2) is 0 Å². The molecule has 2 fully saturated rings. The average molecular weight is 327 g/mol. The van der Waals surface area contributed by atoms with E-state index < -0.39 is 9.84 Å². The summed E-state index contributed by atoms with van der Waals surface area (Å²) in [5.74, 6) is 1.09. The third-order valence-corrected chi connectivity index (χ3v) is 6.34. The Balaban J connectivity index is 1.55. The first-order valence-electron chi connectivity index (χ1n) is 7.61. The van der Waals surface area contributed by atoms with Crippen molar-refractivity contribution >= 4 is 15.7 Å². The van der Waals surface area contributed by atoms with E-state index in [1.807, 2.05) is 4.90 Å². The molecule has 0 aromatic carbocycles. The molecule has 0 atom stereocenters. The highest BCUT2D eigenvalue weighted by molar-refractivity contribution is 7.91. The molecule has 1 aromatic rings. The van der Waals surface area contributed by atoms with Crippen LogP contribution < -0.4 is 0 Å². The molecule has 0 bridgehead atoms. The van der Waals surface area contributed by atoms with Gasteiger partial charge in [-0.05, 0) is 19.8 Å². The summed E-state index contributed by atoms with van der Waals surface area (Å²) in [6.45, 7) is 4.64. The van der Waals surface area contributed by atoms with E-state index in [9.17, 15) is 13.2 Å². The lowest BCUT2D eigenvalue weighted by Crippen LogP contribution is -2.53. The van der Waals surface area contributed by atoms with Crippen LogP contribution in [0.5, 0.6) is 0 Å². The zero-order chi connectivity index (χ0) is 15.7. The van der Waals surface area contributed by atoms with Gasteiger partial charge in [0.2, 0.25) is 0 Å². The fraction of sp³-hybridized carbons (Fsp3) is 0.714. The van der Waals surface area contributed by atoms with Crippen LogP contribution >= 0.6 is 0 Å². The second kappa shape index (κ2) is 6.00. The van der Waals surface area contributed by atoms with Crippen molar-refractivity contribution in [2.45, 2.75) is 25.8 Å². The van der Waals surface area contributed by atoms with Gasteiger partial charge >= 0.3 is 0 Å². The van der Waals surface area contributed by atoms with Gasteiger partial charge in [-0.3, -0.25) is 9.69 Å². The van der Waals surface area contributed by atoms with Gasteiger partial charge in [-0.25, -0.2) is 8.42 Å². The molecular weight excluding hydrogens is 306 g/mol. The fourth-order valence-electron chi connectivity index (χ4n) is 3.21. The van der Waals surface area contributed by atoms with Crippen molar-refractivity contribution in [1.82, 2.24) is 15.0 Å². The number of aryl methyl sites for hydroxylation is 1. The molecule has 1 amide bonds. The first kappa shape index (κ1) is 15.5. The Kier molecular flexibility index (Phi) is 4.22. The minimum absolute atomic E-state index is 0.0374. The van der Waals surface area contributed by atoms with E-state index in [0.717, 1.165) is 13.1 Å². The van der Waals surface area contributed by atoms with Crippen molar-refractivity contribution in [2.24, 2.45) is 0 Å². The summed E-state index contributed by atoms with van der Waals surface area (Å²) in [6.07, 6.45) is 2.89. The Morgan fingerprint density at radius 2 is 1.86 bits per heavy atom. The summed E-state index contributed by atoms with van der Waals surface area (Å²) < 4.78 is 27.9. The number of nitrogens with zero attached hydrogens (tertiary/aromatic N) is 3. The number of amides is 1. The summed E-state index contributed by atoms with van der Waals surface area (Å²) >= 11 is 0. The maximum atomic E-state index is 12.4. The van der Waals surface area contributed by atoms with Crippen LogP contribution in [0.15, 0.2) is 10.7 Å². The smallest absolute Gasteiger partial charge is 0.259 e. The minimum atomic E-state index is -2.82. The van der Waals surface area contributed by atoms with Crippen molar-refractivity contribution < 1.29 is 17.7 Å². The van der Waals surface area contributed by atoms with Crippen LogP contribution in [0.2, 0.25) is 0 Å². The highest BCUT2D eigenvalue weighted by Gasteiger charge is 2.31. The molecule has 2 saturated heterocycles. The normalized spacial score (nSPS) is 23.6. The summed E-state index contributed by atoms with van der Waals surface area (Å²) in [7, 11) is -2.82. The monoisotopic (exact) mass is 327 g/mol. The van der Waals surface area contributed by atoms with Gasteiger partial charge in [-0.2, -0.15) is 0 Å². The molecule has 0 unspecified atom stereocenters. The molecule has 3 rings (SSSR count). The second-order valence-electron chi connectivity index (χ2n) is 6.01. The van der Waals surface area contributed by atoms with Crippen molar-refractivity contribution in [2.75, 3.05) is 37.7 Å². The van der Waals surface area contributed by atoms with E-state index in [-0.39, 0.29) is 17.4 Å². The Bertz CT molecular complexity index is 633. The van der Waals surface area contributed by atoms with Crippen LogP contribution in [0.3, 0.4) is 0 Å². The number of carbonyl (C=O) groups excluding carboxylic acids is 1. The molecule has 122 valence electrons. The quantitative estimate of drug-likeness (QED) is 0.778. The molecule has 0 N–H and O–H groups in total. The van der Waals surface area contributed by atoms with Gasteiger partial charge < -0.3 is 9.42 Å². The van der Waals surface area contributed by atoms with Crippen LogP contribution in [0, 0.1) is 6.92 Å². The Labute approximate surface area is 130 Å². The molecule has 2 aliphatic heterocycles. The maximum Gasteiger partial charge on any atom is 0.259 e. The number of sulfone groups is 1. The number of hydrogen-bond donors (Lipinski definition) is 0. The van der Waals surface area contributed by atoms with Crippen LogP contribution in [-0.2, 0) is 9.84 Å². The van der Waals surface area contributed by atoms with Crippen molar-refractivity contribution in [3.8, 4) is 0 Å². The number of aromatic nitrogens is 1. The van der Waals surface area contributed by atoms with Gasteiger partial charge in [0.1, 0.15) is 21.2 Å². The van der Waals surface area contributed by atoms with Gasteiger partial charge in [0.25, 0.3) is 5.91 Å². The highest BCUT2D eigenvalue weighted by atomic mass is 32.2. The molecule has 0 radical (unpaired) electrons. The SMILES string of the molecule is Cc1oncc1C(=O)N1CCN(C2CCS(=O)(=O)CC2)CC1. The zero-order valence-electron chi connectivity index (χ0n) is 12.7. The van der Waals surface area contributed by atoms with Crippen LogP contribution in [0.25, 0.3) is 0 Å². The fourth-order valence-corrected chi connectivity index (χ4v) is 4.67. The third-order valence-electron chi connectivity index (χ3n) is 4.62. The molecule has 7 nitrogen and oxygen atoms in total. The number of rotatable bonds is 2. The largest absolute Gasteiger partial charge is 0.361 e. The van der Waals surface area contributed by atoms with E-state index in [1.54, 1.807) is 6.92 Å². The molecule has 3 heterocycles. The number of piperazine rings is 1. The molecule has 8 heteroatoms. The first-order chi connectivity index (χ1) is 10.5. The van der Waals surface area contributed by atoms with Gasteiger partial charge in [-0.15, -0.1) is 0 Å². The molecule has 0 spiro atoms. The maximum absolute atomic E-state index is 12.4. The molecule has 2 aliphatic rings. The predicted octanol–water partition coefficient (Wildman–Crippen LogP) is 0.318. The van der Waals surface area contributed by atoms with Gasteiger partial charge in [-0.1, -0.05) is 5.16 Å². The Hall–Kier alpha value is -1.41. The molecule has 0 saturated carbocycles. The summed E-state index contributed by atoms with van der Waals surface area (Å²) in [6, 6.07) is 0.332. The summed E-state index contributed by atoms with van der Waals surface area (Å²) in [5.41, 5.74) is 0.525. The average Bonchev–Trinajstić information content (AvgIpc) is 2.93. The predicted molar refractivity (Wildman–Crippen MR) is 80.4 cm³/mol. The van der Waals surface area contributed by atoms with Crippen LogP contribution in [-0.4, -0.2) is 73.0 Å². The van der Waals surface area contributed by atoms with Crippen molar-refractivity contribution in [3.63, 3.8) is 0 Å². The van der Waals surface area contributed by atoms with E-state index in [0.29, 0.717) is 43.3 Å². The molecule has 22 heavy (non-hydrogen) atoms. The zero-order valence-corrected chi connectivity index (χ0v) is 13.5. The standard InChI is InChI=1S/C14H21N3O4S/c1-11-13(10-15-21-11)14(18)17-6-4-16(5-7-17)12-2-8-22(19,20)9-3-12/h10,12H,2-9H2,1H3. The van der Waals surface area contributed by atoms with Crippen LogP contribution in [0.1, 0.15) is 29.0 Å². The van der Waals surface area contributed by atoms with Crippen molar-refractivity contribution in [3.05, 3.63) is 17.5 Å². The highest BCUT2D eigenvalue weighted by Crippen LogP contribution is 2.20. The molecular formula is C14H21N3O4S. The van der Waals surface area contributed by atoms with Gasteiger partial charge in [0.05, 0.1) is 17.7 Å². The van der Waals surface area contributed by atoms with E-state index in [1.165, 1.54) is 6.20 Å². The molecule has 0 aliphatic carbocycles. The van der Waals surface area contributed by atoms with E-state index in [4.69, 9.17) is 4.52 Å². The number of carbonyl (C=O) groups is 1. The topological polar surface area (TPSA) is 83.7 Å². The lowest BCUT2D eigenvalue weighted by atomic mass is 10.1. The first-order valence-corrected chi connectivity index (χ1v) is 9.43. The van der Waals surface area contributed by atoms with Crippen molar-refractivity contribution in [1.29, 1.82) is 0 Å². The summed E-state index contributed by atoms with van der Waals surface area (Å²) in [4.78, 5) is 16.5. The number of hydrogen-bond acceptors (Lipinski definition) is 6. The van der Waals surface area contributed by atoms with E-state index >= 15 is 0 Å². The lowest BCUT2D eigenvalue weighted by Gasteiger charge is -2.40. The van der Waals surface area contributed by atoms with E-state index in [2.05, 4.69) is 10.1 Å². The Morgan fingerprint density at radius 1 is 1.23 bits per heavy atom. The lowest BCUT2D eigenvalue weighted by molar-refractivity contribution is 0.0556. The third kappa shape index (κ3) is 3.17. The Morgan fingerprint density at radius 3 is 2.41 bits per heavy atom. The minimum Gasteiger partial charge on any atom is -0.361 e.